The van der Waals surface area contributed by atoms with Crippen molar-refractivity contribution in [3.63, 3.8) is 0 Å². The summed E-state index contributed by atoms with van der Waals surface area (Å²) in [6.07, 6.45) is 4.50. The molecule has 2 saturated carbocycles. The number of carbonyl (C=O) groups excluding carboxylic acids is 1. The second-order valence-corrected chi connectivity index (χ2v) is 6.99. The van der Waals surface area contributed by atoms with Gasteiger partial charge in [0.25, 0.3) is 0 Å². The lowest BCUT2D eigenvalue weighted by atomic mass is 9.52. The highest BCUT2D eigenvalue weighted by Crippen LogP contribution is 2.56. The number of carbonyl (C=O) groups is 1. The molecule has 1 heterocycles. The third kappa shape index (κ3) is 1.38. The summed E-state index contributed by atoms with van der Waals surface area (Å²) < 4.78 is 5.95. The predicted molar refractivity (Wildman–Crippen MR) is 62.1 cm³/mol. The molecule has 2 bridgehead atoms. The predicted octanol–water partition coefficient (Wildman–Crippen LogP) is 2.81. The van der Waals surface area contributed by atoms with Crippen molar-refractivity contribution in [1.82, 2.24) is 0 Å². The number of ether oxygens (including phenoxy) is 1. The molecular weight excluding hydrogens is 200 g/mol. The highest BCUT2D eigenvalue weighted by Gasteiger charge is 2.55. The van der Waals surface area contributed by atoms with Gasteiger partial charge in [0, 0.05) is 12.3 Å². The van der Waals surface area contributed by atoms with Gasteiger partial charge < -0.3 is 4.74 Å². The van der Waals surface area contributed by atoms with Crippen molar-refractivity contribution >= 4 is 5.78 Å². The molecule has 2 aliphatic carbocycles. The lowest BCUT2D eigenvalue weighted by Crippen LogP contribution is -2.57. The van der Waals surface area contributed by atoms with Crippen molar-refractivity contribution in [3.8, 4) is 0 Å². The zero-order chi connectivity index (χ0) is 11.6. The van der Waals surface area contributed by atoms with Gasteiger partial charge in [0.15, 0.2) is 0 Å². The van der Waals surface area contributed by atoms with Crippen molar-refractivity contribution < 1.29 is 9.53 Å². The first-order valence-electron chi connectivity index (χ1n) is 6.58. The molecule has 3 aliphatic rings. The van der Waals surface area contributed by atoms with Crippen molar-refractivity contribution in [2.75, 3.05) is 6.61 Å². The number of ketones is 1. The van der Waals surface area contributed by atoms with Crippen LogP contribution < -0.4 is 0 Å². The standard InChI is InChI=1S/C14H22O2/c1-13(2)11-4-5-14(3)6-9(11)10(8-16-13)12(15)7-14/h9-11H,4-8H2,1-3H3/t9?,10-,11?,14+/m1/s1. The van der Waals surface area contributed by atoms with E-state index in [0.717, 1.165) is 6.42 Å². The third-order valence-corrected chi connectivity index (χ3v) is 5.36. The number of Topliss-reactive ketones (excluding diaryl/α,β-unsaturated/α-hetero) is 1. The largest absolute Gasteiger partial charge is 0.375 e. The van der Waals surface area contributed by atoms with E-state index in [1.165, 1.54) is 19.3 Å². The number of hydrogen-bond acceptors (Lipinski definition) is 2. The van der Waals surface area contributed by atoms with Crippen molar-refractivity contribution in [1.29, 1.82) is 0 Å². The van der Waals surface area contributed by atoms with E-state index in [9.17, 15) is 4.79 Å². The molecule has 0 aromatic carbocycles. The fraction of sp³-hybridized carbons (Fsp3) is 0.929. The van der Waals surface area contributed by atoms with Crippen LogP contribution >= 0.6 is 0 Å². The average molecular weight is 222 g/mol. The van der Waals surface area contributed by atoms with Gasteiger partial charge in [0.1, 0.15) is 5.78 Å². The molecule has 0 aromatic heterocycles. The Labute approximate surface area is 97.7 Å². The highest BCUT2D eigenvalue weighted by molar-refractivity contribution is 5.83. The zero-order valence-corrected chi connectivity index (χ0v) is 10.6. The van der Waals surface area contributed by atoms with E-state index in [-0.39, 0.29) is 11.5 Å². The molecule has 2 nitrogen and oxygen atoms in total. The quantitative estimate of drug-likeness (QED) is 0.630. The van der Waals surface area contributed by atoms with Crippen LogP contribution in [0.5, 0.6) is 0 Å². The van der Waals surface area contributed by atoms with E-state index in [4.69, 9.17) is 4.74 Å². The normalized spacial score (nSPS) is 50.2. The van der Waals surface area contributed by atoms with Crippen LogP contribution in [-0.4, -0.2) is 18.0 Å². The Hall–Kier alpha value is -0.370. The van der Waals surface area contributed by atoms with E-state index < -0.39 is 0 Å². The van der Waals surface area contributed by atoms with Gasteiger partial charge in [-0.25, -0.2) is 0 Å². The number of hydrogen-bond donors (Lipinski definition) is 0. The fourth-order valence-electron chi connectivity index (χ4n) is 4.40. The molecule has 3 rings (SSSR count). The minimum Gasteiger partial charge on any atom is -0.375 e. The van der Waals surface area contributed by atoms with Gasteiger partial charge in [0.2, 0.25) is 0 Å². The van der Waals surface area contributed by atoms with Gasteiger partial charge >= 0.3 is 0 Å². The van der Waals surface area contributed by atoms with Gasteiger partial charge in [-0.2, -0.15) is 0 Å². The average Bonchev–Trinajstić information content (AvgIpc) is 2.14. The summed E-state index contributed by atoms with van der Waals surface area (Å²) in [5.74, 6) is 1.89. The molecular formula is C14H22O2. The van der Waals surface area contributed by atoms with Crippen LogP contribution in [0.25, 0.3) is 0 Å². The Morgan fingerprint density at radius 3 is 2.81 bits per heavy atom. The van der Waals surface area contributed by atoms with Gasteiger partial charge in [-0.05, 0) is 50.4 Å². The maximum absolute atomic E-state index is 12.2. The second-order valence-electron chi connectivity index (χ2n) is 6.99. The summed E-state index contributed by atoms with van der Waals surface area (Å²) in [6.45, 7) is 7.38. The van der Waals surface area contributed by atoms with Crippen LogP contribution in [0, 0.1) is 23.2 Å². The third-order valence-electron chi connectivity index (χ3n) is 5.36. The molecule has 0 N–H and O–H groups in total. The lowest BCUT2D eigenvalue weighted by Gasteiger charge is -2.57. The molecule has 2 unspecified atom stereocenters. The van der Waals surface area contributed by atoms with E-state index >= 15 is 0 Å². The molecule has 3 fully saturated rings. The Kier molecular flexibility index (Phi) is 2.08. The maximum Gasteiger partial charge on any atom is 0.139 e. The van der Waals surface area contributed by atoms with Crippen LogP contribution in [0.1, 0.15) is 46.5 Å². The van der Waals surface area contributed by atoms with E-state index in [1.807, 2.05) is 0 Å². The van der Waals surface area contributed by atoms with Gasteiger partial charge in [-0.3, -0.25) is 4.79 Å². The molecule has 4 atom stereocenters. The van der Waals surface area contributed by atoms with Crippen LogP contribution in [0.3, 0.4) is 0 Å². The SMILES string of the molecule is CC1(C)OC[C@H]2C(=O)C[C@@]3(C)CCC1C2C3. The van der Waals surface area contributed by atoms with Gasteiger partial charge in [0.05, 0.1) is 12.2 Å². The summed E-state index contributed by atoms with van der Waals surface area (Å²) >= 11 is 0. The number of rotatable bonds is 0. The highest BCUT2D eigenvalue weighted by atomic mass is 16.5. The molecule has 16 heavy (non-hydrogen) atoms. The Bertz CT molecular complexity index is 334. The topological polar surface area (TPSA) is 26.3 Å². The zero-order valence-electron chi connectivity index (χ0n) is 10.6. The smallest absolute Gasteiger partial charge is 0.139 e. The van der Waals surface area contributed by atoms with E-state index in [2.05, 4.69) is 20.8 Å². The lowest BCUT2D eigenvalue weighted by molar-refractivity contribution is -0.191. The second kappa shape index (κ2) is 3.10. The fourth-order valence-corrected chi connectivity index (χ4v) is 4.40. The molecule has 0 amide bonds. The summed E-state index contributed by atoms with van der Waals surface area (Å²) in [6, 6.07) is 0. The van der Waals surface area contributed by atoms with Crippen LogP contribution in [0.15, 0.2) is 0 Å². The van der Waals surface area contributed by atoms with Gasteiger partial charge in [-0.1, -0.05) is 6.92 Å². The van der Waals surface area contributed by atoms with Crippen LogP contribution in [-0.2, 0) is 9.53 Å². The first kappa shape index (κ1) is 10.8. The van der Waals surface area contributed by atoms with Gasteiger partial charge in [-0.15, -0.1) is 0 Å². The summed E-state index contributed by atoms with van der Waals surface area (Å²) in [7, 11) is 0. The van der Waals surface area contributed by atoms with Crippen LogP contribution in [0.4, 0.5) is 0 Å². The Balaban J connectivity index is 1.96. The molecule has 2 heteroatoms. The summed E-state index contributed by atoms with van der Waals surface area (Å²) in [4.78, 5) is 12.2. The molecule has 1 aliphatic heterocycles. The first-order chi connectivity index (χ1) is 7.41. The first-order valence-corrected chi connectivity index (χ1v) is 6.58. The van der Waals surface area contributed by atoms with Crippen molar-refractivity contribution in [3.05, 3.63) is 0 Å². The molecule has 0 aromatic rings. The summed E-state index contributed by atoms with van der Waals surface area (Å²) in [5.41, 5.74) is 0.294. The molecule has 90 valence electrons. The van der Waals surface area contributed by atoms with E-state index in [0.29, 0.717) is 29.6 Å². The monoisotopic (exact) mass is 222 g/mol. The minimum atomic E-state index is -0.0138. The molecule has 0 radical (unpaired) electrons. The van der Waals surface area contributed by atoms with E-state index in [1.54, 1.807) is 0 Å². The Morgan fingerprint density at radius 2 is 2.06 bits per heavy atom. The number of fused-ring (bicyclic) bond motifs is 1. The maximum atomic E-state index is 12.2. The minimum absolute atomic E-state index is 0.0138. The van der Waals surface area contributed by atoms with Crippen LogP contribution in [0.2, 0.25) is 0 Å². The van der Waals surface area contributed by atoms with Crippen molar-refractivity contribution in [2.24, 2.45) is 23.2 Å². The summed E-state index contributed by atoms with van der Waals surface area (Å²) in [5, 5.41) is 0. The molecule has 0 spiro atoms. The Morgan fingerprint density at radius 1 is 1.31 bits per heavy atom. The molecule has 1 saturated heterocycles. The van der Waals surface area contributed by atoms with Crippen molar-refractivity contribution in [2.45, 2.75) is 52.1 Å².